The summed E-state index contributed by atoms with van der Waals surface area (Å²) in [5, 5.41) is 0. The number of carbonyl (C=O) groups is 2. The van der Waals surface area contributed by atoms with Crippen molar-refractivity contribution in [3.63, 3.8) is 0 Å². The minimum absolute atomic E-state index is 0.192. The molecule has 0 radical (unpaired) electrons. The molecule has 0 aromatic rings. The molecule has 1 aliphatic carbocycles. The number of rotatable bonds is 10. The van der Waals surface area contributed by atoms with Gasteiger partial charge in [0, 0.05) is 5.57 Å². The minimum atomic E-state index is -0.471. The van der Waals surface area contributed by atoms with E-state index in [9.17, 15) is 9.59 Å². The van der Waals surface area contributed by atoms with Crippen LogP contribution in [0.4, 0.5) is 0 Å². The van der Waals surface area contributed by atoms with Gasteiger partial charge in [-0.15, -0.1) is 0 Å². The van der Waals surface area contributed by atoms with E-state index in [0.29, 0.717) is 18.8 Å². The van der Waals surface area contributed by atoms with Crippen LogP contribution in [0.5, 0.6) is 0 Å². The molecule has 0 heterocycles. The van der Waals surface area contributed by atoms with E-state index in [0.717, 1.165) is 51.4 Å². The molecule has 1 unspecified atom stereocenters. The molecule has 1 rings (SSSR count). The Bertz CT molecular complexity index is 408. The fourth-order valence-corrected chi connectivity index (χ4v) is 3.26. The number of carbonyl (C=O) groups excluding carboxylic acids is 2. The molecule has 0 aliphatic heterocycles. The summed E-state index contributed by atoms with van der Waals surface area (Å²) in [6.07, 6.45) is 10.8. The Morgan fingerprint density at radius 1 is 1.00 bits per heavy atom. The van der Waals surface area contributed by atoms with Crippen LogP contribution in [0.2, 0.25) is 0 Å². The number of esters is 2. The fourth-order valence-electron chi connectivity index (χ4n) is 3.26. The van der Waals surface area contributed by atoms with Crippen molar-refractivity contribution in [3.05, 3.63) is 11.6 Å². The van der Waals surface area contributed by atoms with Gasteiger partial charge in [-0.25, -0.2) is 4.79 Å². The van der Waals surface area contributed by atoms with Gasteiger partial charge in [-0.05, 0) is 38.5 Å². The highest BCUT2D eigenvalue weighted by Gasteiger charge is 2.37. The molecule has 0 amide bonds. The first kappa shape index (κ1) is 20.7. The number of unbranched alkanes of at least 4 members (excludes halogenated alkanes) is 2. The SMILES string of the molecule is CC=C(C(=O)OCCCC)C(C(=O)OCCCC)C1CCCCC1. The van der Waals surface area contributed by atoms with E-state index in [1.54, 1.807) is 6.08 Å². The van der Waals surface area contributed by atoms with Crippen molar-refractivity contribution < 1.29 is 19.1 Å². The number of hydrogen-bond acceptors (Lipinski definition) is 4. The third-order valence-corrected chi connectivity index (χ3v) is 4.73. The second-order valence-electron chi connectivity index (χ2n) is 6.63. The predicted octanol–water partition coefficient (Wildman–Crippen LogP) is 4.82. The van der Waals surface area contributed by atoms with Gasteiger partial charge >= 0.3 is 11.9 Å². The first-order valence-corrected chi connectivity index (χ1v) is 9.65. The lowest BCUT2D eigenvalue weighted by atomic mass is 9.76. The van der Waals surface area contributed by atoms with Gasteiger partial charge in [0.15, 0.2) is 0 Å². The van der Waals surface area contributed by atoms with Crippen molar-refractivity contribution in [1.82, 2.24) is 0 Å². The second kappa shape index (κ2) is 12.1. The lowest BCUT2D eigenvalue weighted by Gasteiger charge is -2.29. The lowest BCUT2D eigenvalue weighted by molar-refractivity contribution is -0.153. The van der Waals surface area contributed by atoms with Gasteiger partial charge in [-0.2, -0.15) is 0 Å². The maximum atomic E-state index is 12.7. The molecule has 4 heteroatoms. The quantitative estimate of drug-likeness (QED) is 0.326. The summed E-state index contributed by atoms with van der Waals surface area (Å²) in [6, 6.07) is 0. The Morgan fingerprint density at radius 3 is 2.12 bits per heavy atom. The zero-order chi connectivity index (χ0) is 17.8. The maximum absolute atomic E-state index is 12.7. The molecule has 1 saturated carbocycles. The molecule has 24 heavy (non-hydrogen) atoms. The van der Waals surface area contributed by atoms with Crippen molar-refractivity contribution in [2.24, 2.45) is 11.8 Å². The Balaban J connectivity index is 2.83. The summed E-state index contributed by atoms with van der Waals surface area (Å²) in [5.74, 6) is -0.885. The van der Waals surface area contributed by atoms with Crippen molar-refractivity contribution in [2.75, 3.05) is 13.2 Å². The first-order valence-electron chi connectivity index (χ1n) is 9.65. The zero-order valence-electron chi connectivity index (χ0n) is 15.6. The van der Waals surface area contributed by atoms with Crippen LogP contribution in [0.3, 0.4) is 0 Å². The van der Waals surface area contributed by atoms with Gasteiger partial charge < -0.3 is 9.47 Å². The molecule has 1 atom stereocenters. The summed E-state index contributed by atoms with van der Waals surface area (Å²) >= 11 is 0. The van der Waals surface area contributed by atoms with Crippen molar-refractivity contribution >= 4 is 11.9 Å². The highest BCUT2D eigenvalue weighted by molar-refractivity contribution is 5.95. The molecule has 0 saturated heterocycles. The van der Waals surface area contributed by atoms with E-state index >= 15 is 0 Å². The van der Waals surface area contributed by atoms with Gasteiger partial charge in [-0.1, -0.05) is 52.0 Å². The lowest BCUT2D eigenvalue weighted by Crippen LogP contribution is -2.33. The molecule has 138 valence electrons. The van der Waals surface area contributed by atoms with Crippen LogP contribution in [0.1, 0.15) is 78.6 Å². The fraction of sp³-hybridized carbons (Fsp3) is 0.800. The van der Waals surface area contributed by atoms with Gasteiger partial charge in [0.05, 0.1) is 19.1 Å². The Morgan fingerprint density at radius 2 is 1.58 bits per heavy atom. The van der Waals surface area contributed by atoms with E-state index in [4.69, 9.17) is 9.47 Å². The summed E-state index contributed by atoms with van der Waals surface area (Å²) in [6.45, 7) is 6.77. The Hall–Kier alpha value is -1.32. The Labute approximate surface area is 147 Å². The summed E-state index contributed by atoms with van der Waals surface area (Å²) in [7, 11) is 0. The average molecular weight is 338 g/mol. The summed E-state index contributed by atoms with van der Waals surface area (Å²) in [4.78, 5) is 25.2. The van der Waals surface area contributed by atoms with E-state index in [-0.39, 0.29) is 17.9 Å². The third-order valence-electron chi connectivity index (χ3n) is 4.73. The number of allylic oxidation sites excluding steroid dienone is 1. The molecule has 0 spiro atoms. The highest BCUT2D eigenvalue weighted by Crippen LogP contribution is 2.35. The van der Waals surface area contributed by atoms with Crippen LogP contribution in [0, 0.1) is 11.8 Å². The molecule has 1 fully saturated rings. The highest BCUT2D eigenvalue weighted by atomic mass is 16.5. The predicted molar refractivity (Wildman–Crippen MR) is 95.6 cm³/mol. The third kappa shape index (κ3) is 6.66. The van der Waals surface area contributed by atoms with Crippen LogP contribution >= 0.6 is 0 Å². The number of ether oxygens (including phenoxy) is 2. The van der Waals surface area contributed by atoms with Gasteiger partial charge in [0.1, 0.15) is 0 Å². The first-order chi connectivity index (χ1) is 11.7. The largest absolute Gasteiger partial charge is 0.465 e. The van der Waals surface area contributed by atoms with Crippen LogP contribution in [0.15, 0.2) is 11.6 Å². The summed E-state index contributed by atoms with van der Waals surface area (Å²) < 4.78 is 10.8. The van der Waals surface area contributed by atoms with Crippen molar-refractivity contribution in [1.29, 1.82) is 0 Å². The van der Waals surface area contributed by atoms with Gasteiger partial charge in [-0.3, -0.25) is 4.79 Å². The molecular formula is C20H34O4. The van der Waals surface area contributed by atoms with Crippen LogP contribution in [-0.2, 0) is 19.1 Å². The molecule has 0 N–H and O–H groups in total. The normalized spacial score (nSPS) is 17.4. The maximum Gasteiger partial charge on any atom is 0.334 e. The molecule has 1 aliphatic rings. The van der Waals surface area contributed by atoms with Gasteiger partial charge in [0.2, 0.25) is 0 Å². The van der Waals surface area contributed by atoms with E-state index in [1.165, 1.54) is 6.42 Å². The van der Waals surface area contributed by atoms with E-state index in [1.807, 2.05) is 6.92 Å². The van der Waals surface area contributed by atoms with Crippen molar-refractivity contribution in [2.45, 2.75) is 78.6 Å². The van der Waals surface area contributed by atoms with E-state index < -0.39 is 5.92 Å². The molecule has 0 bridgehead atoms. The molecule has 0 aromatic heterocycles. The van der Waals surface area contributed by atoms with E-state index in [2.05, 4.69) is 13.8 Å². The molecule has 0 aromatic carbocycles. The molecular weight excluding hydrogens is 304 g/mol. The van der Waals surface area contributed by atoms with Crippen LogP contribution in [0.25, 0.3) is 0 Å². The smallest absolute Gasteiger partial charge is 0.334 e. The monoisotopic (exact) mass is 338 g/mol. The average Bonchev–Trinajstić information content (AvgIpc) is 2.60. The molecule has 4 nitrogen and oxygen atoms in total. The minimum Gasteiger partial charge on any atom is -0.465 e. The standard InChI is InChI=1S/C20H34O4/c1-4-7-14-23-19(21)17(6-3)18(16-12-10-9-11-13-16)20(22)24-15-8-5-2/h6,16,18H,4-5,7-15H2,1-3H3. The van der Waals surface area contributed by atoms with Crippen LogP contribution < -0.4 is 0 Å². The topological polar surface area (TPSA) is 52.6 Å². The number of hydrogen-bond donors (Lipinski definition) is 0. The summed E-state index contributed by atoms with van der Waals surface area (Å²) in [5.41, 5.74) is 0.486. The second-order valence-corrected chi connectivity index (χ2v) is 6.63. The van der Waals surface area contributed by atoms with Gasteiger partial charge in [0.25, 0.3) is 0 Å². The van der Waals surface area contributed by atoms with Crippen molar-refractivity contribution in [3.8, 4) is 0 Å². The van der Waals surface area contributed by atoms with Crippen LogP contribution in [-0.4, -0.2) is 25.2 Å². The zero-order valence-corrected chi connectivity index (χ0v) is 15.6. The Kier molecular flexibility index (Phi) is 10.4.